The molecule has 0 aliphatic rings. The van der Waals surface area contributed by atoms with Crippen molar-refractivity contribution in [3.8, 4) is 0 Å². The van der Waals surface area contributed by atoms with Gasteiger partial charge < -0.3 is 14.2 Å². The maximum absolute atomic E-state index is 12.8. The summed E-state index contributed by atoms with van der Waals surface area (Å²) in [5.74, 6) is -0.893. The minimum absolute atomic E-state index is 0.0776. The van der Waals surface area contributed by atoms with E-state index in [0.29, 0.717) is 19.3 Å². The van der Waals surface area contributed by atoms with Crippen LogP contribution in [-0.4, -0.2) is 37.2 Å². The SMILES string of the molecule is CC/C=C\C/C=C\C/C=C\C/C=C\C/C=C\C/C=C\CCCCCCCCC(=O)OCC(COC(=O)CCCCCCCCC)OC(=O)CCCCCCCCCCCCCCCCC. The Balaban J connectivity index is 4.22. The molecule has 6 nitrogen and oxygen atoms in total. The monoisotopic (exact) mass is 907 g/mol. The fourth-order valence-corrected chi connectivity index (χ4v) is 7.62. The predicted octanol–water partition coefficient (Wildman–Crippen LogP) is 18.2. The Hall–Kier alpha value is -3.15. The Morgan fingerprint density at radius 3 is 0.938 bits per heavy atom. The van der Waals surface area contributed by atoms with Gasteiger partial charge in [0.25, 0.3) is 0 Å². The maximum Gasteiger partial charge on any atom is 0.306 e. The standard InChI is InChI=1S/C59H102O6/c1-4-7-10-13-16-18-20-22-24-25-26-27-28-29-30-31-32-33-35-36-38-40-43-46-49-52-58(61)64-55-56(54-63-57(60)51-48-45-42-15-12-9-6-3)65-59(62)53-50-47-44-41-39-37-34-23-21-19-17-14-11-8-5-2/h7,10,16,18,22,24,26-27,29-30,32-33,56H,4-6,8-9,11-15,17,19-21,23,25,28,31,34-55H2,1-3H3/b10-7-,18-16-,24-22-,27-26-,30-29-,33-32-. The van der Waals surface area contributed by atoms with Crippen molar-refractivity contribution in [2.24, 2.45) is 0 Å². The number of hydrogen-bond donors (Lipinski definition) is 0. The molecule has 0 saturated carbocycles. The number of ether oxygens (including phenoxy) is 3. The molecule has 0 radical (unpaired) electrons. The molecule has 0 aliphatic carbocycles. The van der Waals surface area contributed by atoms with Gasteiger partial charge in [0.1, 0.15) is 13.2 Å². The summed E-state index contributed by atoms with van der Waals surface area (Å²) in [7, 11) is 0. The van der Waals surface area contributed by atoms with Crippen LogP contribution in [0.5, 0.6) is 0 Å². The molecule has 0 saturated heterocycles. The first-order valence-corrected chi connectivity index (χ1v) is 27.4. The molecule has 0 rings (SSSR count). The second kappa shape index (κ2) is 53.5. The van der Waals surface area contributed by atoms with Crippen molar-refractivity contribution in [1.82, 2.24) is 0 Å². The second-order valence-electron chi connectivity index (χ2n) is 18.1. The van der Waals surface area contributed by atoms with Crippen molar-refractivity contribution < 1.29 is 28.6 Å². The van der Waals surface area contributed by atoms with Gasteiger partial charge in [0.2, 0.25) is 0 Å². The zero-order chi connectivity index (χ0) is 47.2. The van der Waals surface area contributed by atoms with E-state index in [1.54, 1.807) is 0 Å². The van der Waals surface area contributed by atoms with E-state index in [9.17, 15) is 14.4 Å². The van der Waals surface area contributed by atoms with Crippen molar-refractivity contribution in [2.75, 3.05) is 13.2 Å². The molecule has 1 unspecified atom stereocenters. The quantitative estimate of drug-likeness (QED) is 0.0262. The van der Waals surface area contributed by atoms with Crippen LogP contribution in [0.2, 0.25) is 0 Å². The summed E-state index contributed by atoms with van der Waals surface area (Å²) >= 11 is 0. The molecule has 0 spiro atoms. The summed E-state index contributed by atoms with van der Waals surface area (Å²) in [6, 6.07) is 0. The van der Waals surface area contributed by atoms with Crippen molar-refractivity contribution in [1.29, 1.82) is 0 Å². The normalized spacial score (nSPS) is 12.6. The Morgan fingerprint density at radius 2 is 0.600 bits per heavy atom. The molecule has 0 N–H and O–H groups in total. The second-order valence-corrected chi connectivity index (χ2v) is 18.1. The molecule has 0 amide bonds. The van der Waals surface area contributed by atoms with E-state index in [2.05, 4.69) is 93.7 Å². The molecule has 0 fully saturated rings. The average molecular weight is 907 g/mol. The van der Waals surface area contributed by atoms with E-state index in [1.807, 2.05) is 0 Å². The smallest absolute Gasteiger partial charge is 0.306 e. The molecule has 0 aromatic heterocycles. The summed E-state index contributed by atoms with van der Waals surface area (Å²) in [4.78, 5) is 37.9. The van der Waals surface area contributed by atoms with Gasteiger partial charge in [0.15, 0.2) is 6.10 Å². The van der Waals surface area contributed by atoms with Crippen molar-refractivity contribution in [3.05, 3.63) is 72.9 Å². The fraction of sp³-hybridized carbons (Fsp3) is 0.746. The molecular weight excluding hydrogens is 805 g/mol. The fourth-order valence-electron chi connectivity index (χ4n) is 7.62. The lowest BCUT2D eigenvalue weighted by atomic mass is 10.0. The lowest BCUT2D eigenvalue weighted by Crippen LogP contribution is -2.30. The van der Waals surface area contributed by atoms with E-state index in [4.69, 9.17) is 14.2 Å². The number of esters is 3. The van der Waals surface area contributed by atoms with Crippen LogP contribution in [0.25, 0.3) is 0 Å². The van der Waals surface area contributed by atoms with Crippen molar-refractivity contribution in [3.63, 3.8) is 0 Å². The van der Waals surface area contributed by atoms with Crippen LogP contribution in [0, 0.1) is 0 Å². The molecular formula is C59H102O6. The van der Waals surface area contributed by atoms with Crippen LogP contribution in [0.15, 0.2) is 72.9 Å². The van der Waals surface area contributed by atoms with E-state index in [-0.39, 0.29) is 31.1 Å². The Kier molecular flexibility index (Phi) is 50.9. The number of allylic oxidation sites excluding steroid dienone is 12. The number of carbonyl (C=O) groups is 3. The van der Waals surface area contributed by atoms with Gasteiger partial charge in [-0.1, -0.05) is 248 Å². The molecule has 6 heteroatoms. The summed E-state index contributed by atoms with van der Waals surface area (Å²) in [5.41, 5.74) is 0. The lowest BCUT2D eigenvalue weighted by molar-refractivity contribution is -0.167. The lowest BCUT2D eigenvalue weighted by Gasteiger charge is -2.18. The van der Waals surface area contributed by atoms with Gasteiger partial charge in [-0.2, -0.15) is 0 Å². The van der Waals surface area contributed by atoms with Gasteiger partial charge in [-0.3, -0.25) is 14.4 Å². The predicted molar refractivity (Wildman–Crippen MR) is 279 cm³/mol. The van der Waals surface area contributed by atoms with E-state index in [0.717, 1.165) is 103 Å². The minimum atomic E-state index is -0.776. The summed E-state index contributed by atoms with van der Waals surface area (Å²) in [5, 5.41) is 0. The number of hydrogen-bond acceptors (Lipinski definition) is 6. The largest absolute Gasteiger partial charge is 0.462 e. The highest BCUT2D eigenvalue weighted by molar-refractivity contribution is 5.71. The van der Waals surface area contributed by atoms with Gasteiger partial charge in [-0.15, -0.1) is 0 Å². The van der Waals surface area contributed by atoms with E-state index >= 15 is 0 Å². The van der Waals surface area contributed by atoms with Crippen LogP contribution < -0.4 is 0 Å². The molecule has 0 aromatic carbocycles. The first kappa shape index (κ1) is 61.9. The van der Waals surface area contributed by atoms with Crippen LogP contribution >= 0.6 is 0 Å². The zero-order valence-corrected chi connectivity index (χ0v) is 42.7. The molecule has 0 heterocycles. The first-order valence-electron chi connectivity index (χ1n) is 27.4. The highest BCUT2D eigenvalue weighted by atomic mass is 16.6. The third-order valence-electron chi connectivity index (χ3n) is 11.7. The summed E-state index contributed by atoms with van der Waals surface area (Å²) in [6.07, 6.45) is 67.6. The number of unbranched alkanes of at least 4 members (excludes halogenated alkanes) is 26. The third-order valence-corrected chi connectivity index (χ3v) is 11.7. The summed E-state index contributed by atoms with van der Waals surface area (Å²) in [6.45, 7) is 6.48. The molecule has 0 aliphatic heterocycles. The van der Waals surface area contributed by atoms with Crippen LogP contribution in [0.3, 0.4) is 0 Å². The first-order chi connectivity index (χ1) is 32.0. The van der Waals surface area contributed by atoms with E-state index in [1.165, 1.54) is 122 Å². The number of rotatable bonds is 49. The maximum atomic E-state index is 12.8. The number of carbonyl (C=O) groups excluding carboxylic acids is 3. The van der Waals surface area contributed by atoms with Crippen LogP contribution in [0.1, 0.15) is 265 Å². The molecule has 65 heavy (non-hydrogen) atoms. The van der Waals surface area contributed by atoms with Gasteiger partial charge in [-0.05, 0) is 70.6 Å². The Morgan fingerprint density at radius 1 is 0.323 bits per heavy atom. The van der Waals surface area contributed by atoms with Crippen molar-refractivity contribution in [2.45, 2.75) is 271 Å². The third kappa shape index (κ3) is 51.7. The molecule has 0 aromatic rings. The molecule has 374 valence electrons. The van der Waals surface area contributed by atoms with Gasteiger partial charge in [0, 0.05) is 19.3 Å². The topological polar surface area (TPSA) is 78.9 Å². The van der Waals surface area contributed by atoms with Gasteiger partial charge in [-0.25, -0.2) is 0 Å². The minimum Gasteiger partial charge on any atom is -0.462 e. The van der Waals surface area contributed by atoms with E-state index < -0.39 is 6.10 Å². The van der Waals surface area contributed by atoms with Crippen LogP contribution in [0.4, 0.5) is 0 Å². The van der Waals surface area contributed by atoms with Gasteiger partial charge in [0.05, 0.1) is 0 Å². The average Bonchev–Trinajstić information content (AvgIpc) is 3.30. The molecule has 0 bridgehead atoms. The highest BCUT2D eigenvalue weighted by Gasteiger charge is 2.19. The van der Waals surface area contributed by atoms with Crippen LogP contribution in [-0.2, 0) is 28.6 Å². The Bertz CT molecular complexity index is 1230. The van der Waals surface area contributed by atoms with Gasteiger partial charge >= 0.3 is 17.9 Å². The zero-order valence-electron chi connectivity index (χ0n) is 42.7. The summed E-state index contributed by atoms with van der Waals surface area (Å²) < 4.78 is 16.8. The van der Waals surface area contributed by atoms with Crippen molar-refractivity contribution >= 4 is 17.9 Å². The molecule has 1 atom stereocenters. The Labute approximate surface area is 402 Å². The highest BCUT2D eigenvalue weighted by Crippen LogP contribution is 2.15.